The van der Waals surface area contributed by atoms with Crippen LogP contribution in [0.1, 0.15) is 25.7 Å². The van der Waals surface area contributed by atoms with Crippen molar-refractivity contribution in [2.75, 3.05) is 6.54 Å². The number of nitrogens with zero attached hydrogens (tertiary/aromatic N) is 1. The smallest absolute Gasteiger partial charge is 0.214 e. The molecule has 0 saturated carbocycles. The van der Waals surface area contributed by atoms with E-state index in [1.165, 1.54) is 0 Å². The molecule has 48 valence electrons. The maximum atomic E-state index is 6.47. The van der Waals surface area contributed by atoms with E-state index < -0.39 is 0 Å². The minimum Gasteiger partial charge on any atom is -0.317 e. The predicted molar refractivity (Wildman–Crippen MR) is 38.8 cm³/mol. The Bertz CT molecular complexity index is 108. The van der Waals surface area contributed by atoms with Crippen molar-refractivity contribution >= 4 is 0 Å². The molecule has 0 heterocycles. The van der Waals surface area contributed by atoms with Crippen LogP contribution in [0.4, 0.5) is 0 Å². The third kappa shape index (κ3) is 7.05. The highest BCUT2D eigenvalue weighted by Gasteiger charge is 1.87. The summed E-state index contributed by atoms with van der Waals surface area (Å²) in [4.78, 5) is 3.23. The molecule has 0 aliphatic rings. The predicted octanol–water partition coefficient (Wildman–Crippen LogP) is 2.10. The van der Waals surface area contributed by atoms with Crippen molar-refractivity contribution in [1.29, 1.82) is 0 Å². The van der Waals surface area contributed by atoms with E-state index in [1.807, 2.05) is 0 Å². The quantitative estimate of drug-likeness (QED) is 0.305. The second-order valence-corrected chi connectivity index (χ2v) is 1.90. The molecule has 0 N–H and O–H groups in total. The van der Waals surface area contributed by atoms with Crippen LogP contribution in [0.25, 0.3) is 4.85 Å². The summed E-state index contributed by atoms with van der Waals surface area (Å²) in [5, 5.41) is 0. The van der Waals surface area contributed by atoms with E-state index in [0.29, 0.717) is 6.54 Å². The lowest BCUT2D eigenvalue weighted by Gasteiger charge is -1.88. The molecule has 0 rings (SSSR count). The molecule has 0 unspecified atom stereocenters. The number of rotatable bonds is 4. The Labute approximate surface area is 56.9 Å². The SMILES string of the molecule is [C-]#[N+]CCCCCC#C. The van der Waals surface area contributed by atoms with Gasteiger partial charge >= 0.3 is 0 Å². The van der Waals surface area contributed by atoms with Crippen LogP contribution in [0, 0.1) is 18.9 Å². The maximum absolute atomic E-state index is 6.47. The number of unbranched alkanes of at least 4 members (excludes halogenated alkanes) is 3. The molecular weight excluding hydrogens is 110 g/mol. The van der Waals surface area contributed by atoms with Crippen LogP contribution in [0.5, 0.6) is 0 Å². The lowest BCUT2D eigenvalue weighted by atomic mass is 10.2. The van der Waals surface area contributed by atoms with Gasteiger partial charge in [0, 0.05) is 12.8 Å². The minimum atomic E-state index is 0.657. The zero-order valence-corrected chi connectivity index (χ0v) is 5.56. The summed E-state index contributed by atoms with van der Waals surface area (Å²) in [5.74, 6) is 2.57. The summed E-state index contributed by atoms with van der Waals surface area (Å²) < 4.78 is 0. The Kier molecular flexibility index (Phi) is 6.31. The molecule has 0 bridgehead atoms. The van der Waals surface area contributed by atoms with Gasteiger partial charge < -0.3 is 4.85 Å². The molecule has 0 aromatic rings. The van der Waals surface area contributed by atoms with Crippen molar-refractivity contribution in [2.24, 2.45) is 0 Å². The van der Waals surface area contributed by atoms with Gasteiger partial charge in [0.15, 0.2) is 0 Å². The van der Waals surface area contributed by atoms with Gasteiger partial charge in [0.1, 0.15) is 0 Å². The van der Waals surface area contributed by atoms with Gasteiger partial charge in [-0.1, -0.05) is 0 Å². The van der Waals surface area contributed by atoms with Crippen LogP contribution < -0.4 is 0 Å². The van der Waals surface area contributed by atoms with E-state index in [9.17, 15) is 0 Å². The van der Waals surface area contributed by atoms with Crippen LogP contribution in [0.3, 0.4) is 0 Å². The normalized spacial score (nSPS) is 7.78. The average Bonchev–Trinajstić information content (AvgIpc) is 1.89. The second kappa shape index (κ2) is 7.05. The van der Waals surface area contributed by atoms with E-state index >= 15 is 0 Å². The Morgan fingerprint density at radius 2 is 2.11 bits per heavy atom. The zero-order valence-electron chi connectivity index (χ0n) is 5.56. The summed E-state index contributed by atoms with van der Waals surface area (Å²) in [6.07, 6.45) is 9.08. The highest BCUT2D eigenvalue weighted by Crippen LogP contribution is 1.97. The Morgan fingerprint density at radius 1 is 1.33 bits per heavy atom. The van der Waals surface area contributed by atoms with Crippen molar-refractivity contribution in [3.05, 3.63) is 11.4 Å². The molecule has 1 nitrogen and oxygen atoms in total. The molecule has 0 atom stereocenters. The second-order valence-electron chi connectivity index (χ2n) is 1.90. The molecule has 0 aliphatic heterocycles. The first-order chi connectivity index (χ1) is 4.41. The molecule has 0 saturated heterocycles. The number of hydrogen-bond acceptors (Lipinski definition) is 0. The van der Waals surface area contributed by atoms with E-state index in [1.54, 1.807) is 0 Å². The van der Waals surface area contributed by atoms with Gasteiger partial charge in [-0.2, -0.15) is 0 Å². The van der Waals surface area contributed by atoms with Crippen LogP contribution in [0.15, 0.2) is 0 Å². The minimum absolute atomic E-state index is 0.657. The molecule has 0 amide bonds. The van der Waals surface area contributed by atoms with Gasteiger partial charge in [0.05, 0.1) is 0 Å². The molecule has 0 aromatic heterocycles. The molecule has 9 heavy (non-hydrogen) atoms. The third-order valence-electron chi connectivity index (χ3n) is 1.09. The van der Waals surface area contributed by atoms with Crippen LogP contribution in [0.2, 0.25) is 0 Å². The highest BCUT2D eigenvalue weighted by molar-refractivity contribution is 4.82. The fourth-order valence-electron chi connectivity index (χ4n) is 0.595. The molecule has 0 fully saturated rings. The lowest BCUT2D eigenvalue weighted by molar-refractivity contribution is 0.726. The summed E-state index contributed by atoms with van der Waals surface area (Å²) in [7, 11) is 0. The lowest BCUT2D eigenvalue weighted by Crippen LogP contribution is -1.77. The van der Waals surface area contributed by atoms with E-state index in [2.05, 4.69) is 10.8 Å². The van der Waals surface area contributed by atoms with Crippen molar-refractivity contribution in [2.45, 2.75) is 25.7 Å². The molecule has 0 radical (unpaired) electrons. The van der Waals surface area contributed by atoms with Gasteiger partial charge in [-0.3, -0.25) is 0 Å². The van der Waals surface area contributed by atoms with Crippen molar-refractivity contribution < 1.29 is 0 Å². The van der Waals surface area contributed by atoms with Gasteiger partial charge in [0.2, 0.25) is 6.54 Å². The fourth-order valence-corrected chi connectivity index (χ4v) is 0.595. The number of hydrogen-bond donors (Lipinski definition) is 0. The topological polar surface area (TPSA) is 4.36 Å². The van der Waals surface area contributed by atoms with Crippen molar-refractivity contribution in [1.82, 2.24) is 0 Å². The third-order valence-corrected chi connectivity index (χ3v) is 1.09. The van der Waals surface area contributed by atoms with Crippen molar-refractivity contribution in [3.8, 4) is 12.3 Å². The molecular formula is C8H11N. The summed E-state index contributed by atoms with van der Waals surface area (Å²) in [5.41, 5.74) is 0. The van der Waals surface area contributed by atoms with Crippen LogP contribution in [-0.2, 0) is 0 Å². The number of terminal acetylenes is 1. The fraction of sp³-hybridized carbons (Fsp3) is 0.625. The highest BCUT2D eigenvalue weighted by atomic mass is 14.6. The van der Waals surface area contributed by atoms with E-state index in [4.69, 9.17) is 13.0 Å². The van der Waals surface area contributed by atoms with E-state index in [-0.39, 0.29) is 0 Å². The molecule has 0 aliphatic carbocycles. The molecule has 1 heteroatoms. The standard InChI is InChI=1S/C8H11N/c1-3-4-5-6-7-8-9-2/h1H,4-8H2. The monoisotopic (exact) mass is 121 g/mol. The van der Waals surface area contributed by atoms with Gasteiger partial charge in [-0.25, -0.2) is 6.57 Å². The van der Waals surface area contributed by atoms with Crippen LogP contribution in [-0.4, -0.2) is 6.54 Å². The van der Waals surface area contributed by atoms with Crippen molar-refractivity contribution in [3.63, 3.8) is 0 Å². The summed E-state index contributed by atoms with van der Waals surface area (Å²) >= 11 is 0. The van der Waals surface area contributed by atoms with Gasteiger partial charge in [-0.05, 0) is 12.8 Å². The van der Waals surface area contributed by atoms with Crippen LogP contribution >= 0.6 is 0 Å². The Balaban J connectivity index is 2.79. The van der Waals surface area contributed by atoms with E-state index in [0.717, 1.165) is 25.7 Å². The largest absolute Gasteiger partial charge is 0.317 e. The zero-order chi connectivity index (χ0) is 6.95. The first-order valence-corrected chi connectivity index (χ1v) is 3.18. The average molecular weight is 121 g/mol. The molecule has 0 aromatic carbocycles. The molecule has 0 spiro atoms. The first kappa shape index (κ1) is 8.05. The van der Waals surface area contributed by atoms with Gasteiger partial charge in [-0.15, -0.1) is 12.3 Å². The first-order valence-electron chi connectivity index (χ1n) is 3.18. The Hall–Kier alpha value is -0.950. The summed E-state index contributed by atoms with van der Waals surface area (Å²) in [6, 6.07) is 0. The Morgan fingerprint density at radius 3 is 2.67 bits per heavy atom. The summed E-state index contributed by atoms with van der Waals surface area (Å²) in [6.45, 7) is 7.13. The van der Waals surface area contributed by atoms with Gasteiger partial charge in [0.25, 0.3) is 0 Å². The maximum Gasteiger partial charge on any atom is 0.214 e.